The van der Waals surface area contributed by atoms with Gasteiger partial charge in [-0.05, 0) is 0 Å². The Morgan fingerprint density at radius 3 is 0.853 bits per heavy atom. The highest BCUT2D eigenvalue weighted by Gasteiger charge is 2.19. The number of ketones is 6. The summed E-state index contributed by atoms with van der Waals surface area (Å²) in [6.07, 6.45) is -1.58. The molecule has 0 aliphatic rings. The van der Waals surface area contributed by atoms with Crippen molar-refractivity contribution in [2.75, 3.05) is 0 Å². The van der Waals surface area contributed by atoms with Gasteiger partial charge in [0, 0.05) is 22.3 Å². The van der Waals surface area contributed by atoms with E-state index in [1.54, 1.807) is 60.7 Å². The van der Waals surface area contributed by atoms with Crippen LogP contribution in [0.15, 0.2) is 84.9 Å². The van der Waals surface area contributed by atoms with E-state index in [0.29, 0.717) is 11.1 Å². The number of benzene rings is 3. The van der Waals surface area contributed by atoms with Crippen LogP contribution < -0.4 is 0 Å². The van der Waals surface area contributed by atoms with E-state index in [9.17, 15) is 28.8 Å². The first-order chi connectivity index (χ1) is 16.3. The van der Waals surface area contributed by atoms with Crippen LogP contribution in [0.1, 0.15) is 67.1 Å². The number of hydrogen-bond acceptors (Lipinski definition) is 6. The minimum Gasteiger partial charge on any atom is -0.299 e. The van der Waals surface area contributed by atoms with Gasteiger partial charge in [0.05, 0.1) is 25.7 Å². The standard InChI is InChI=1S/C28H22O6/c29-23(15-25(31)19-7-3-1-4-8-19)17-27(33)21-11-13-22(14-12-21)28(34)18-24(30)16-26(32)20-9-5-2-6-10-20/h1-14H,15-18H2. The number of Topliss-reactive ketones (excluding diaryl/α,β-unsaturated/α-hetero) is 6. The highest BCUT2D eigenvalue weighted by Crippen LogP contribution is 2.13. The van der Waals surface area contributed by atoms with Crippen molar-refractivity contribution in [3.63, 3.8) is 0 Å². The third-order valence-electron chi connectivity index (χ3n) is 5.15. The fourth-order valence-corrected chi connectivity index (χ4v) is 3.34. The van der Waals surface area contributed by atoms with E-state index in [2.05, 4.69) is 0 Å². The molecule has 0 saturated heterocycles. The molecule has 0 bridgehead atoms. The summed E-state index contributed by atoms with van der Waals surface area (Å²) in [5.74, 6) is -2.62. The van der Waals surface area contributed by atoms with Crippen LogP contribution in [0.25, 0.3) is 0 Å². The molecule has 3 aromatic carbocycles. The summed E-state index contributed by atoms with van der Waals surface area (Å²) in [6, 6.07) is 22.3. The first-order valence-electron chi connectivity index (χ1n) is 10.7. The summed E-state index contributed by atoms with van der Waals surface area (Å²) in [7, 11) is 0. The van der Waals surface area contributed by atoms with Crippen molar-refractivity contribution in [1.82, 2.24) is 0 Å². The van der Waals surface area contributed by atoms with Gasteiger partial charge >= 0.3 is 0 Å². The average Bonchev–Trinajstić information content (AvgIpc) is 2.85. The van der Waals surface area contributed by atoms with Crippen molar-refractivity contribution >= 4 is 34.7 Å². The monoisotopic (exact) mass is 454 g/mol. The molecule has 0 atom stereocenters. The molecule has 6 nitrogen and oxygen atoms in total. The van der Waals surface area contributed by atoms with Gasteiger partial charge in [-0.3, -0.25) is 28.8 Å². The Kier molecular flexibility index (Phi) is 8.24. The fourth-order valence-electron chi connectivity index (χ4n) is 3.34. The van der Waals surface area contributed by atoms with Crippen LogP contribution in [-0.2, 0) is 9.59 Å². The molecule has 0 unspecified atom stereocenters. The lowest BCUT2D eigenvalue weighted by Gasteiger charge is -2.04. The molecule has 0 heterocycles. The van der Waals surface area contributed by atoms with Crippen molar-refractivity contribution in [3.8, 4) is 0 Å². The van der Waals surface area contributed by atoms with Gasteiger partial charge in [-0.15, -0.1) is 0 Å². The molecule has 0 amide bonds. The summed E-state index contributed by atoms with van der Waals surface area (Å²) in [5.41, 5.74) is 1.27. The summed E-state index contributed by atoms with van der Waals surface area (Å²) >= 11 is 0. The Morgan fingerprint density at radius 1 is 0.353 bits per heavy atom. The van der Waals surface area contributed by atoms with E-state index in [-0.39, 0.29) is 35.5 Å². The highest BCUT2D eigenvalue weighted by molar-refractivity contribution is 6.17. The lowest BCUT2D eigenvalue weighted by Crippen LogP contribution is -2.14. The molecule has 3 rings (SSSR count). The summed E-state index contributed by atoms with van der Waals surface area (Å²) < 4.78 is 0. The van der Waals surface area contributed by atoms with Crippen molar-refractivity contribution in [2.45, 2.75) is 25.7 Å². The number of carbonyl (C=O) groups is 6. The maximum atomic E-state index is 12.4. The molecule has 6 heteroatoms. The van der Waals surface area contributed by atoms with Crippen molar-refractivity contribution < 1.29 is 28.8 Å². The molecule has 0 spiro atoms. The Labute approximate surface area is 196 Å². The second kappa shape index (κ2) is 11.5. The van der Waals surface area contributed by atoms with E-state index < -0.39 is 36.0 Å². The number of hydrogen-bond donors (Lipinski definition) is 0. The number of carbonyl (C=O) groups excluding carboxylic acids is 6. The van der Waals surface area contributed by atoms with Crippen LogP contribution in [0.4, 0.5) is 0 Å². The highest BCUT2D eigenvalue weighted by atomic mass is 16.2. The molecule has 0 aliphatic heterocycles. The molecule has 0 radical (unpaired) electrons. The van der Waals surface area contributed by atoms with Crippen LogP contribution >= 0.6 is 0 Å². The maximum Gasteiger partial charge on any atom is 0.170 e. The van der Waals surface area contributed by atoms with Crippen LogP contribution in [0, 0.1) is 0 Å². The third-order valence-corrected chi connectivity index (χ3v) is 5.15. The van der Waals surface area contributed by atoms with Crippen molar-refractivity contribution in [1.29, 1.82) is 0 Å². The predicted octanol–water partition coefficient (Wildman–Crippen LogP) is 4.52. The van der Waals surface area contributed by atoms with Crippen molar-refractivity contribution in [3.05, 3.63) is 107 Å². The normalized spacial score (nSPS) is 10.4. The van der Waals surface area contributed by atoms with Gasteiger partial charge < -0.3 is 0 Å². The van der Waals surface area contributed by atoms with E-state index >= 15 is 0 Å². The molecule has 0 saturated carbocycles. The number of rotatable bonds is 12. The van der Waals surface area contributed by atoms with Gasteiger partial charge in [0.25, 0.3) is 0 Å². The van der Waals surface area contributed by atoms with Gasteiger partial charge in [-0.1, -0.05) is 84.9 Å². The molecule has 170 valence electrons. The van der Waals surface area contributed by atoms with E-state index in [1.165, 1.54) is 24.3 Å². The van der Waals surface area contributed by atoms with Crippen LogP contribution in [0.5, 0.6) is 0 Å². The topological polar surface area (TPSA) is 102 Å². The molecule has 34 heavy (non-hydrogen) atoms. The fraction of sp³-hybridized carbons (Fsp3) is 0.143. The zero-order chi connectivity index (χ0) is 24.5. The molecule has 0 N–H and O–H groups in total. The molecule has 0 aromatic heterocycles. The Morgan fingerprint density at radius 2 is 0.588 bits per heavy atom. The second-order valence-corrected chi connectivity index (χ2v) is 7.79. The minimum absolute atomic E-state index is 0.225. The van der Waals surface area contributed by atoms with Crippen LogP contribution in [-0.4, -0.2) is 34.7 Å². The molecule has 3 aromatic rings. The Balaban J connectivity index is 1.51. The van der Waals surface area contributed by atoms with Crippen molar-refractivity contribution in [2.24, 2.45) is 0 Å². The van der Waals surface area contributed by atoms with E-state index in [0.717, 1.165) is 0 Å². The first-order valence-corrected chi connectivity index (χ1v) is 10.7. The summed E-state index contributed by atoms with van der Waals surface area (Å²) in [5, 5.41) is 0. The van der Waals surface area contributed by atoms with Crippen LogP contribution in [0.3, 0.4) is 0 Å². The van der Waals surface area contributed by atoms with E-state index in [1.807, 2.05) is 0 Å². The lowest BCUT2D eigenvalue weighted by atomic mass is 9.97. The average molecular weight is 454 g/mol. The first kappa shape index (κ1) is 24.3. The van der Waals surface area contributed by atoms with Gasteiger partial charge in [0.1, 0.15) is 11.6 Å². The minimum atomic E-state index is -0.493. The third kappa shape index (κ3) is 6.84. The largest absolute Gasteiger partial charge is 0.299 e. The van der Waals surface area contributed by atoms with Gasteiger partial charge in [0.2, 0.25) is 0 Å². The van der Waals surface area contributed by atoms with Gasteiger partial charge in [-0.2, -0.15) is 0 Å². The Bertz CT molecular complexity index is 1130. The molecular weight excluding hydrogens is 432 g/mol. The zero-order valence-corrected chi connectivity index (χ0v) is 18.4. The lowest BCUT2D eigenvalue weighted by molar-refractivity contribution is -0.118. The molecule has 0 fully saturated rings. The smallest absolute Gasteiger partial charge is 0.170 e. The summed E-state index contributed by atoms with van der Waals surface area (Å²) in [4.78, 5) is 73.3. The molecule has 0 aliphatic carbocycles. The maximum absolute atomic E-state index is 12.4. The van der Waals surface area contributed by atoms with Gasteiger partial charge in [0.15, 0.2) is 23.1 Å². The predicted molar refractivity (Wildman–Crippen MR) is 125 cm³/mol. The SMILES string of the molecule is O=C(CC(=O)c1ccccc1)CC(=O)c1ccc(C(=O)CC(=O)CC(=O)c2ccccc2)cc1. The summed E-state index contributed by atoms with van der Waals surface area (Å²) in [6.45, 7) is 0. The molecular formula is C28H22O6. The van der Waals surface area contributed by atoms with Crippen LogP contribution in [0.2, 0.25) is 0 Å². The zero-order valence-electron chi connectivity index (χ0n) is 18.4. The second-order valence-electron chi connectivity index (χ2n) is 7.79. The van der Waals surface area contributed by atoms with Gasteiger partial charge in [-0.25, -0.2) is 0 Å². The van der Waals surface area contributed by atoms with E-state index in [4.69, 9.17) is 0 Å². The quantitative estimate of drug-likeness (QED) is 0.295. The Hall–Kier alpha value is -4.32.